The molecule has 1 aromatic carbocycles. The molecule has 7 heteroatoms. The van der Waals surface area contributed by atoms with Crippen LogP contribution in [0.3, 0.4) is 0 Å². The molecule has 3 aromatic rings. The van der Waals surface area contributed by atoms with E-state index < -0.39 is 0 Å². The molecule has 30 heavy (non-hydrogen) atoms. The van der Waals surface area contributed by atoms with E-state index in [4.69, 9.17) is 4.98 Å². The van der Waals surface area contributed by atoms with Gasteiger partial charge in [-0.2, -0.15) is 5.10 Å². The zero-order chi connectivity index (χ0) is 21.6. The molecule has 2 heterocycles. The first kappa shape index (κ1) is 20.1. The Labute approximate surface area is 175 Å². The van der Waals surface area contributed by atoms with Crippen molar-refractivity contribution in [1.29, 1.82) is 0 Å². The molecule has 0 aliphatic heterocycles. The molecule has 0 unspecified atom stereocenters. The lowest BCUT2D eigenvalue weighted by Crippen LogP contribution is -2.42. The number of aryl methyl sites for hydroxylation is 2. The first-order valence-corrected chi connectivity index (χ1v) is 10.2. The summed E-state index contributed by atoms with van der Waals surface area (Å²) in [6.07, 6.45) is 2.15. The summed E-state index contributed by atoms with van der Waals surface area (Å²) in [6.45, 7) is 9.92. The standard InChI is InChI=1S/C23H27N5O2/c1-13-8-6-7-9-16(13)21(29)25-26-22(30)17-12-18(15-10-11-15)24-20-19(17)14(2)27-28(20)23(3,4)5/h6-9,12,15H,10-11H2,1-5H3,(H,25,29)(H,26,30). The van der Waals surface area contributed by atoms with Gasteiger partial charge in [0.05, 0.1) is 22.2 Å². The average Bonchev–Trinajstić information content (AvgIpc) is 3.48. The first-order valence-electron chi connectivity index (χ1n) is 10.2. The molecule has 1 aliphatic rings. The van der Waals surface area contributed by atoms with E-state index >= 15 is 0 Å². The van der Waals surface area contributed by atoms with Crippen molar-refractivity contribution < 1.29 is 9.59 Å². The van der Waals surface area contributed by atoms with Crippen molar-refractivity contribution in [2.75, 3.05) is 0 Å². The fourth-order valence-electron chi connectivity index (χ4n) is 3.62. The Morgan fingerprint density at radius 2 is 1.67 bits per heavy atom. The summed E-state index contributed by atoms with van der Waals surface area (Å²) in [7, 11) is 0. The minimum atomic E-state index is -0.372. The maximum Gasteiger partial charge on any atom is 0.270 e. The monoisotopic (exact) mass is 405 g/mol. The van der Waals surface area contributed by atoms with Crippen molar-refractivity contribution >= 4 is 22.8 Å². The van der Waals surface area contributed by atoms with Gasteiger partial charge in [0.15, 0.2) is 5.65 Å². The van der Waals surface area contributed by atoms with Crippen molar-refractivity contribution in [2.24, 2.45) is 0 Å². The number of hydrogen-bond acceptors (Lipinski definition) is 4. The molecule has 0 spiro atoms. The molecular formula is C23H27N5O2. The van der Waals surface area contributed by atoms with E-state index in [9.17, 15) is 9.59 Å². The van der Waals surface area contributed by atoms with Crippen LogP contribution in [-0.4, -0.2) is 26.6 Å². The van der Waals surface area contributed by atoms with Crippen molar-refractivity contribution in [1.82, 2.24) is 25.6 Å². The largest absolute Gasteiger partial charge is 0.270 e. The fourth-order valence-corrected chi connectivity index (χ4v) is 3.62. The van der Waals surface area contributed by atoms with E-state index in [0.717, 1.165) is 35.2 Å². The third-order valence-corrected chi connectivity index (χ3v) is 5.39. The molecule has 0 radical (unpaired) electrons. The van der Waals surface area contributed by atoms with Crippen LogP contribution in [0.15, 0.2) is 30.3 Å². The molecule has 4 rings (SSSR count). The van der Waals surface area contributed by atoms with Crippen LogP contribution in [0.25, 0.3) is 11.0 Å². The predicted molar refractivity (Wildman–Crippen MR) is 115 cm³/mol. The highest BCUT2D eigenvalue weighted by Crippen LogP contribution is 2.40. The van der Waals surface area contributed by atoms with E-state index in [1.165, 1.54) is 0 Å². The lowest BCUT2D eigenvalue weighted by Gasteiger charge is -2.20. The summed E-state index contributed by atoms with van der Waals surface area (Å²) in [5, 5.41) is 5.39. The van der Waals surface area contributed by atoms with Gasteiger partial charge < -0.3 is 0 Å². The topological polar surface area (TPSA) is 88.9 Å². The molecule has 7 nitrogen and oxygen atoms in total. The molecule has 2 amide bonds. The molecule has 2 aromatic heterocycles. The second-order valence-electron chi connectivity index (χ2n) is 8.96. The van der Waals surface area contributed by atoms with Gasteiger partial charge >= 0.3 is 0 Å². The number of carbonyl (C=O) groups is 2. The molecule has 1 aliphatic carbocycles. The number of rotatable bonds is 3. The third-order valence-electron chi connectivity index (χ3n) is 5.39. The van der Waals surface area contributed by atoms with Crippen LogP contribution in [0.4, 0.5) is 0 Å². The maximum atomic E-state index is 13.1. The number of hydrogen-bond donors (Lipinski definition) is 2. The van der Waals surface area contributed by atoms with Crippen LogP contribution < -0.4 is 10.9 Å². The van der Waals surface area contributed by atoms with E-state index in [1.54, 1.807) is 12.1 Å². The number of aromatic nitrogens is 3. The predicted octanol–water partition coefficient (Wildman–Crippen LogP) is 3.76. The SMILES string of the molecule is Cc1ccccc1C(=O)NNC(=O)c1cc(C2CC2)nc2c1c(C)nn2C(C)(C)C. The van der Waals surface area contributed by atoms with E-state index in [-0.39, 0.29) is 17.4 Å². The molecule has 1 fully saturated rings. The van der Waals surface area contributed by atoms with Crippen LogP contribution in [0.2, 0.25) is 0 Å². The third kappa shape index (κ3) is 3.67. The van der Waals surface area contributed by atoms with Crippen LogP contribution in [0.1, 0.15) is 77.2 Å². The molecule has 0 atom stereocenters. The molecular weight excluding hydrogens is 378 g/mol. The highest BCUT2D eigenvalue weighted by molar-refractivity contribution is 6.07. The summed E-state index contributed by atoms with van der Waals surface area (Å²) in [5.74, 6) is -0.342. The van der Waals surface area contributed by atoms with Gasteiger partial charge in [0, 0.05) is 17.2 Å². The molecule has 0 bridgehead atoms. The van der Waals surface area contributed by atoms with Crippen molar-refractivity contribution in [2.45, 2.75) is 58.9 Å². The highest BCUT2D eigenvalue weighted by atomic mass is 16.2. The maximum absolute atomic E-state index is 13.1. The molecule has 2 N–H and O–H groups in total. The van der Waals surface area contributed by atoms with Gasteiger partial charge in [-0.25, -0.2) is 9.67 Å². The lowest BCUT2D eigenvalue weighted by molar-refractivity contribution is 0.0847. The Morgan fingerprint density at radius 3 is 2.27 bits per heavy atom. The van der Waals surface area contributed by atoms with Gasteiger partial charge in [-0.3, -0.25) is 20.4 Å². The second kappa shape index (κ2) is 7.23. The van der Waals surface area contributed by atoms with Crippen LogP contribution in [-0.2, 0) is 5.54 Å². The van der Waals surface area contributed by atoms with Crippen LogP contribution in [0.5, 0.6) is 0 Å². The van der Waals surface area contributed by atoms with Gasteiger partial charge in [0.1, 0.15) is 0 Å². The van der Waals surface area contributed by atoms with Gasteiger partial charge in [-0.15, -0.1) is 0 Å². The number of amides is 2. The van der Waals surface area contributed by atoms with Crippen LogP contribution >= 0.6 is 0 Å². The summed E-state index contributed by atoms with van der Waals surface area (Å²) >= 11 is 0. The first-order chi connectivity index (χ1) is 14.2. The fraction of sp³-hybridized carbons (Fsp3) is 0.391. The quantitative estimate of drug-likeness (QED) is 0.650. The molecule has 1 saturated carbocycles. The minimum Gasteiger partial charge on any atom is -0.267 e. The Kier molecular flexibility index (Phi) is 4.84. The second-order valence-corrected chi connectivity index (χ2v) is 8.96. The summed E-state index contributed by atoms with van der Waals surface area (Å²) < 4.78 is 1.88. The van der Waals surface area contributed by atoms with Gasteiger partial charge in [0.25, 0.3) is 11.8 Å². The van der Waals surface area contributed by atoms with Crippen LogP contribution in [0, 0.1) is 13.8 Å². The van der Waals surface area contributed by atoms with Crippen molar-refractivity contribution in [3.63, 3.8) is 0 Å². The number of hydrazine groups is 1. The number of fused-ring (bicyclic) bond motifs is 1. The zero-order valence-corrected chi connectivity index (χ0v) is 18.0. The van der Waals surface area contributed by atoms with E-state index in [0.29, 0.717) is 22.7 Å². The smallest absolute Gasteiger partial charge is 0.267 e. The Balaban J connectivity index is 1.69. The summed E-state index contributed by atoms with van der Waals surface area (Å²) in [4.78, 5) is 30.4. The lowest BCUT2D eigenvalue weighted by atomic mass is 10.1. The average molecular weight is 406 g/mol. The summed E-state index contributed by atoms with van der Waals surface area (Å²) in [6, 6.07) is 9.09. The number of pyridine rings is 1. The van der Waals surface area contributed by atoms with Crippen molar-refractivity contribution in [3.05, 3.63) is 58.4 Å². The van der Waals surface area contributed by atoms with Gasteiger partial charge in [-0.05, 0) is 65.2 Å². The van der Waals surface area contributed by atoms with Crippen molar-refractivity contribution in [3.8, 4) is 0 Å². The normalized spacial score (nSPS) is 14.0. The van der Waals surface area contributed by atoms with Gasteiger partial charge in [-0.1, -0.05) is 18.2 Å². The van der Waals surface area contributed by atoms with E-state index in [2.05, 4.69) is 36.7 Å². The summed E-state index contributed by atoms with van der Waals surface area (Å²) in [5.41, 5.74) is 9.05. The number of carbonyl (C=O) groups excluding carboxylic acids is 2. The Morgan fingerprint density at radius 1 is 1.03 bits per heavy atom. The highest BCUT2D eigenvalue weighted by Gasteiger charge is 2.30. The minimum absolute atomic E-state index is 0.269. The Hall–Kier alpha value is -3.22. The Bertz CT molecular complexity index is 1150. The van der Waals surface area contributed by atoms with E-state index in [1.807, 2.05) is 36.7 Å². The molecule has 156 valence electrons. The van der Waals surface area contributed by atoms with Gasteiger partial charge in [0.2, 0.25) is 0 Å². The number of nitrogens with zero attached hydrogens (tertiary/aromatic N) is 3. The zero-order valence-electron chi connectivity index (χ0n) is 18.0. The number of nitrogens with one attached hydrogen (secondary N) is 2. The number of benzene rings is 1. The molecule has 0 saturated heterocycles.